The molecule has 0 unspecified atom stereocenters. The van der Waals surface area contributed by atoms with E-state index in [9.17, 15) is 9.59 Å². The Labute approximate surface area is 130 Å². The molecule has 0 saturated heterocycles. The number of hydrogen-bond donors (Lipinski definition) is 2. The van der Waals surface area contributed by atoms with Crippen molar-refractivity contribution in [2.75, 3.05) is 5.75 Å². The lowest BCUT2D eigenvalue weighted by Gasteiger charge is -2.25. The number of amides is 1. The molecule has 0 aromatic heterocycles. The molecule has 116 valence electrons. The second-order valence-corrected chi connectivity index (χ2v) is 6.90. The molecule has 5 heteroatoms. The number of nitrogens with one attached hydrogen (secondary N) is 1. The second kappa shape index (κ2) is 7.50. The molecule has 0 bridgehead atoms. The predicted octanol–water partition coefficient (Wildman–Crippen LogP) is 3.16. The first-order valence-electron chi connectivity index (χ1n) is 6.92. The summed E-state index contributed by atoms with van der Waals surface area (Å²) in [6.45, 7) is 7.74. The van der Waals surface area contributed by atoms with E-state index in [0.717, 1.165) is 10.5 Å². The van der Waals surface area contributed by atoms with Gasteiger partial charge in [0.2, 0.25) is 5.91 Å². The number of carboxylic acid groups (broad SMARTS) is 1. The summed E-state index contributed by atoms with van der Waals surface area (Å²) in [5.41, 5.74) is 1.83. The molecule has 0 aliphatic heterocycles. The van der Waals surface area contributed by atoms with Crippen molar-refractivity contribution in [2.45, 2.75) is 51.0 Å². The lowest BCUT2D eigenvalue weighted by molar-refractivity contribution is -0.137. The highest BCUT2D eigenvalue weighted by Crippen LogP contribution is 2.23. The molecule has 0 atom stereocenters. The van der Waals surface area contributed by atoms with Crippen molar-refractivity contribution < 1.29 is 14.7 Å². The van der Waals surface area contributed by atoms with Gasteiger partial charge in [-0.3, -0.25) is 9.59 Å². The van der Waals surface area contributed by atoms with Gasteiger partial charge in [-0.05, 0) is 45.7 Å². The fourth-order valence-corrected chi connectivity index (χ4v) is 2.83. The van der Waals surface area contributed by atoms with Gasteiger partial charge >= 0.3 is 5.97 Å². The lowest BCUT2D eigenvalue weighted by Crippen LogP contribution is -2.44. The van der Waals surface area contributed by atoms with Crippen LogP contribution in [0.2, 0.25) is 0 Å². The molecule has 0 saturated carbocycles. The van der Waals surface area contributed by atoms with E-state index in [1.165, 1.54) is 17.3 Å². The quantitative estimate of drug-likeness (QED) is 0.759. The molecule has 0 radical (unpaired) electrons. The van der Waals surface area contributed by atoms with Gasteiger partial charge < -0.3 is 10.4 Å². The summed E-state index contributed by atoms with van der Waals surface area (Å²) in [5.74, 6) is -0.584. The Morgan fingerprint density at radius 2 is 1.95 bits per heavy atom. The molecule has 0 fully saturated rings. The summed E-state index contributed by atoms with van der Waals surface area (Å²) < 4.78 is 0. The van der Waals surface area contributed by atoms with Crippen LogP contribution in [0, 0.1) is 13.8 Å². The van der Waals surface area contributed by atoms with Gasteiger partial charge in [0.1, 0.15) is 0 Å². The van der Waals surface area contributed by atoms with E-state index < -0.39 is 11.5 Å². The van der Waals surface area contributed by atoms with Gasteiger partial charge in [0.25, 0.3) is 0 Å². The van der Waals surface area contributed by atoms with Gasteiger partial charge in [-0.2, -0.15) is 0 Å². The topological polar surface area (TPSA) is 66.4 Å². The minimum absolute atomic E-state index is 0.0530. The zero-order valence-electron chi connectivity index (χ0n) is 13.0. The van der Waals surface area contributed by atoms with E-state index in [1.54, 1.807) is 0 Å². The normalized spacial score (nSPS) is 11.2. The van der Waals surface area contributed by atoms with Crippen LogP contribution in [0.15, 0.2) is 23.1 Å². The van der Waals surface area contributed by atoms with E-state index in [4.69, 9.17) is 5.11 Å². The number of carboxylic acids is 1. The van der Waals surface area contributed by atoms with E-state index in [0.29, 0.717) is 12.2 Å². The number of rotatable bonds is 7. The SMILES string of the molecule is Cc1ccc(C)c(SCC(=O)NC(C)(C)CCC(=O)O)c1. The van der Waals surface area contributed by atoms with Crippen LogP contribution in [0.3, 0.4) is 0 Å². The molecule has 0 spiro atoms. The number of carbonyl (C=O) groups excluding carboxylic acids is 1. The third kappa shape index (κ3) is 6.67. The highest BCUT2D eigenvalue weighted by atomic mass is 32.2. The van der Waals surface area contributed by atoms with Crippen LogP contribution in [-0.2, 0) is 9.59 Å². The summed E-state index contributed by atoms with van der Waals surface area (Å²) >= 11 is 1.51. The van der Waals surface area contributed by atoms with Crippen LogP contribution < -0.4 is 5.32 Å². The van der Waals surface area contributed by atoms with E-state index in [2.05, 4.69) is 17.4 Å². The smallest absolute Gasteiger partial charge is 0.303 e. The van der Waals surface area contributed by atoms with Crippen molar-refractivity contribution in [2.24, 2.45) is 0 Å². The first-order chi connectivity index (χ1) is 9.69. The van der Waals surface area contributed by atoms with E-state index >= 15 is 0 Å². The van der Waals surface area contributed by atoms with Gasteiger partial charge in [-0.1, -0.05) is 17.7 Å². The zero-order valence-corrected chi connectivity index (χ0v) is 13.8. The molecule has 4 nitrogen and oxygen atoms in total. The molecule has 2 N–H and O–H groups in total. The van der Waals surface area contributed by atoms with Gasteiger partial charge in [0, 0.05) is 16.9 Å². The minimum atomic E-state index is -0.845. The Hall–Kier alpha value is -1.49. The van der Waals surface area contributed by atoms with Crippen LogP contribution in [0.25, 0.3) is 0 Å². The molecular weight excluding hydrogens is 286 g/mol. The predicted molar refractivity (Wildman–Crippen MR) is 85.7 cm³/mol. The molecule has 1 aromatic rings. The number of aryl methyl sites for hydroxylation is 2. The number of hydrogen-bond acceptors (Lipinski definition) is 3. The molecule has 1 rings (SSSR count). The fraction of sp³-hybridized carbons (Fsp3) is 0.500. The number of aliphatic carboxylic acids is 1. The van der Waals surface area contributed by atoms with Crippen molar-refractivity contribution in [3.05, 3.63) is 29.3 Å². The maximum Gasteiger partial charge on any atom is 0.303 e. The summed E-state index contributed by atoms with van der Waals surface area (Å²) in [7, 11) is 0. The molecule has 1 amide bonds. The van der Waals surface area contributed by atoms with Crippen LogP contribution in [0.1, 0.15) is 37.8 Å². The molecule has 21 heavy (non-hydrogen) atoms. The summed E-state index contributed by atoms with van der Waals surface area (Å²) in [4.78, 5) is 23.7. The number of carbonyl (C=O) groups is 2. The maximum absolute atomic E-state index is 12.0. The van der Waals surface area contributed by atoms with Crippen LogP contribution in [0.4, 0.5) is 0 Å². The standard InChI is InChI=1S/C16H23NO3S/c1-11-5-6-12(2)13(9-11)21-10-14(18)17-16(3,4)8-7-15(19)20/h5-6,9H,7-8,10H2,1-4H3,(H,17,18)(H,19,20). The molecule has 1 aromatic carbocycles. The van der Waals surface area contributed by atoms with Crippen molar-refractivity contribution in [1.29, 1.82) is 0 Å². The summed E-state index contributed by atoms with van der Waals surface area (Å²) in [6.07, 6.45) is 0.472. The number of thioether (sulfide) groups is 1. The van der Waals surface area contributed by atoms with Gasteiger partial charge in [-0.25, -0.2) is 0 Å². The van der Waals surface area contributed by atoms with Crippen LogP contribution in [-0.4, -0.2) is 28.3 Å². The van der Waals surface area contributed by atoms with Gasteiger partial charge in [0.15, 0.2) is 0 Å². The Kier molecular flexibility index (Phi) is 6.27. The highest BCUT2D eigenvalue weighted by molar-refractivity contribution is 8.00. The Bertz CT molecular complexity index is 526. The Morgan fingerprint density at radius 1 is 1.29 bits per heavy atom. The van der Waals surface area contributed by atoms with Crippen molar-refractivity contribution >= 4 is 23.6 Å². The third-order valence-corrected chi connectivity index (χ3v) is 4.30. The van der Waals surface area contributed by atoms with Crippen molar-refractivity contribution in [1.82, 2.24) is 5.32 Å². The van der Waals surface area contributed by atoms with Gasteiger partial charge in [0.05, 0.1) is 5.75 Å². The van der Waals surface area contributed by atoms with E-state index in [-0.39, 0.29) is 12.3 Å². The molecule has 0 aliphatic carbocycles. The van der Waals surface area contributed by atoms with E-state index in [1.807, 2.05) is 33.8 Å². The second-order valence-electron chi connectivity index (χ2n) is 5.88. The lowest BCUT2D eigenvalue weighted by atomic mass is 9.98. The maximum atomic E-state index is 12.0. The van der Waals surface area contributed by atoms with Crippen molar-refractivity contribution in [3.8, 4) is 0 Å². The average molecular weight is 309 g/mol. The first kappa shape index (κ1) is 17.6. The summed E-state index contributed by atoms with van der Waals surface area (Å²) in [6, 6.07) is 6.17. The molecule has 0 aliphatic rings. The van der Waals surface area contributed by atoms with Crippen molar-refractivity contribution in [3.63, 3.8) is 0 Å². The zero-order chi connectivity index (χ0) is 16.0. The largest absolute Gasteiger partial charge is 0.481 e. The van der Waals surface area contributed by atoms with Gasteiger partial charge in [-0.15, -0.1) is 11.8 Å². The molecular formula is C16H23NO3S. The first-order valence-corrected chi connectivity index (χ1v) is 7.91. The summed E-state index contributed by atoms with van der Waals surface area (Å²) in [5, 5.41) is 11.6. The fourth-order valence-electron chi connectivity index (χ4n) is 1.90. The van der Waals surface area contributed by atoms with Crippen LogP contribution >= 0.6 is 11.8 Å². The van der Waals surface area contributed by atoms with Crippen LogP contribution in [0.5, 0.6) is 0 Å². The monoisotopic (exact) mass is 309 g/mol. The highest BCUT2D eigenvalue weighted by Gasteiger charge is 2.21. The average Bonchev–Trinajstić information content (AvgIpc) is 2.37. The third-order valence-electron chi connectivity index (χ3n) is 3.14. The minimum Gasteiger partial charge on any atom is -0.481 e. The Morgan fingerprint density at radius 3 is 2.57 bits per heavy atom. The Balaban J connectivity index is 2.50. The number of benzene rings is 1. The molecule has 0 heterocycles.